The molecule has 1 unspecified atom stereocenters. The number of nitrogens with one attached hydrogen (secondary N) is 1. The Bertz CT molecular complexity index is 1030. The van der Waals surface area contributed by atoms with Crippen LogP contribution in [-0.2, 0) is 30.3 Å². The quantitative estimate of drug-likeness (QED) is 0.358. The first-order valence-electron chi connectivity index (χ1n) is 9.74. The van der Waals surface area contributed by atoms with Crippen LogP contribution in [0, 0.1) is 0 Å². The van der Waals surface area contributed by atoms with Crippen molar-refractivity contribution in [3.63, 3.8) is 0 Å². The Kier molecular flexibility index (Phi) is 5.98. The van der Waals surface area contributed by atoms with Gasteiger partial charge in [-0.05, 0) is 6.07 Å². The number of carbonyl (C=O) groups is 4. The third kappa shape index (κ3) is 3.98. The van der Waals surface area contributed by atoms with E-state index in [0.29, 0.717) is 22.6 Å². The monoisotopic (exact) mass is 463 g/mol. The summed E-state index contributed by atoms with van der Waals surface area (Å²) >= 11 is 1.28. The number of carboxylic acids is 1. The molecule has 0 spiro atoms. The Balaban J connectivity index is 1.42. The number of carboxylic acid groups (broad SMARTS) is 1. The number of fused-ring (bicyclic) bond motifs is 2. The molecule has 2 amide bonds. The second-order valence-corrected chi connectivity index (χ2v) is 8.50. The van der Waals surface area contributed by atoms with E-state index >= 15 is 0 Å². The van der Waals surface area contributed by atoms with Crippen molar-refractivity contribution in [3.05, 3.63) is 35.0 Å². The van der Waals surface area contributed by atoms with Crippen molar-refractivity contribution < 1.29 is 38.5 Å². The number of benzene rings is 1. The summed E-state index contributed by atoms with van der Waals surface area (Å²) < 4.78 is 15.6. The maximum atomic E-state index is 12.7. The maximum Gasteiger partial charge on any atom is 0.352 e. The van der Waals surface area contributed by atoms with E-state index in [-0.39, 0.29) is 31.3 Å². The number of β-lactam (4-membered cyclic amide) rings is 1. The number of amides is 2. The molecular formula is C20H21N3O8S. The van der Waals surface area contributed by atoms with Crippen LogP contribution < -0.4 is 20.5 Å². The molecule has 1 saturated heterocycles. The third-order valence-electron chi connectivity index (χ3n) is 5.25. The molecule has 0 bridgehead atoms. The van der Waals surface area contributed by atoms with Crippen molar-refractivity contribution >= 4 is 35.5 Å². The number of thioether (sulfide) groups is 1. The number of carbonyl (C=O) groups excluding carboxylic acids is 3. The summed E-state index contributed by atoms with van der Waals surface area (Å²) in [4.78, 5) is 49.3. The van der Waals surface area contributed by atoms with E-state index in [1.807, 2.05) is 0 Å². The van der Waals surface area contributed by atoms with Gasteiger partial charge >= 0.3 is 11.9 Å². The molecule has 3 atom stereocenters. The molecule has 3 heterocycles. The number of hydrogen-bond donors (Lipinski definition) is 3. The number of esters is 1. The Labute approximate surface area is 186 Å². The van der Waals surface area contributed by atoms with Gasteiger partial charge in [0, 0.05) is 30.2 Å². The van der Waals surface area contributed by atoms with Gasteiger partial charge in [0.05, 0.1) is 6.04 Å². The van der Waals surface area contributed by atoms with Crippen LogP contribution in [0.3, 0.4) is 0 Å². The van der Waals surface area contributed by atoms with Crippen LogP contribution in [0.15, 0.2) is 29.5 Å². The predicted octanol–water partition coefficient (Wildman–Crippen LogP) is -0.413. The van der Waals surface area contributed by atoms with E-state index in [4.69, 9.17) is 19.9 Å². The molecule has 12 heteroatoms. The van der Waals surface area contributed by atoms with Crippen molar-refractivity contribution in [2.45, 2.75) is 30.8 Å². The molecule has 3 aliphatic rings. The molecule has 1 aromatic rings. The number of rotatable bonds is 7. The minimum absolute atomic E-state index is 0.0952. The first kappa shape index (κ1) is 22.0. The lowest BCUT2D eigenvalue weighted by atomic mass is 10.0. The van der Waals surface area contributed by atoms with Gasteiger partial charge in [0.25, 0.3) is 5.91 Å². The number of aliphatic carboxylic acids is 1. The Morgan fingerprint density at radius 1 is 1.38 bits per heavy atom. The van der Waals surface area contributed by atoms with Gasteiger partial charge < -0.3 is 30.4 Å². The fourth-order valence-corrected chi connectivity index (χ4v) is 5.05. The summed E-state index contributed by atoms with van der Waals surface area (Å²) in [6.07, 6.45) is 0.174. The summed E-state index contributed by atoms with van der Waals surface area (Å²) in [5.41, 5.74) is 6.88. The van der Waals surface area contributed by atoms with Gasteiger partial charge in [-0.2, -0.15) is 0 Å². The van der Waals surface area contributed by atoms with Crippen LogP contribution in [0.2, 0.25) is 0 Å². The van der Waals surface area contributed by atoms with Crippen molar-refractivity contribution in [1.29, 1.82) is 0 Å². The van der Waals surface area contributed by atoms with Crippen LogP contribution in [-0.4, -0.2) is 70.4 Å². The van der Waals surface area contributed by atoms with E-state index in [0.717, 1.165) is 4.90 Å². The summed E-state index contributed by atoms with van der Waals surface area (Å²) in [6, 6.07) is 3.46. The average molecular weight is 463 g/mol. The lowest BCUT2D eigenvalue weighted by molar-refractivity contribution is -0.151. The summed E-state index contributed by atoms with van der Waals surface area (Å²) in [7, 11) is 0. The van der Waals surface area contributed by atoms with E-state index < -0.39 is 41.2 Å². The predicted molar refractivity (Wildman–Crippen MR) is 111 cm³/mol. The van der Waals surface area contributed by atoms with Gasteiger partial charge in [-0.1, -0.05) is 12.1 Å². The van der Waals surface area contributed by atoms with E-state index in [9.17, 15) is 24.3 Å². The molecule has 3 aliphatic heterocycles. The number of nitrogens with zero attached hydrogens (tertiary/aromatic N) is 1. The van der Waals surface area contributed by atoms with Crippen molar-refractivity contribution in [1.82, 2.24) is 10.2 Å². The van der Waals surface area contributed by atoms with Crippen molar-refractivity contribution in [2.75, 3.05) is 19.2 Å². The van der Waals surface area contributed by atoms with Gasteiger partial charge in [-0.15, -0.1) is 11.8 Å². The second-order valence-electron chi connectivity index (χ2n) is 7.40. The fraction of sp³-hybridized carbons (Fsp3) is 0.400. The Morgan fingerprint density at radius 2 is 2.16 bits per heavy atom. The molecule has 4 N–H and O–H groups in total. The highest BCUT2D eigenvalue weighted by atomic mass is 32.2. The normalized spacial score (nSPS) is 22.1. The standard InChI is InChI=1S/C20H21N3O8S/c1-9(24)29-6-11-7-32-19-14(18(26)23(19)15(11)20(27)28)22-17(25)12(21)5-10-3-2-4-13-16(10)31-8-30-13/h2-4,12,14,19H,5-8,21H2,1H3,(H,22,25)(H,27,28)/t12?,14-,19-/m1/s1. The lowest BCUT2D eigenvalue weighted by Crippen LogP contribution is -2.71. The molecular weight excluding hydrogens is 442 g/mol. The summed E-state index contributed by atoms with van der Waals surface area (Å²) in [6.45, 7) is 1.10. The SMILES string of the molecule is CC(=O)OCC1=C(C(=O)O)N2C(=O)[C@@H](NC(=O)C(N)Cc3cccc4c3OCO4)[C@H]2SC1. The minimum atomic E-state index is -1.30. The maximum absolute atomic E-state index is 12.7. The van der Waals surface area contributed by atoms with Crippen molar-refractivity contribution in [2.24, 2.45) is 5.73 Å². The topological polar surface area (TPSA) is 157 Å². The molecule has 1 aromatic carbocycles. The highest BCUT2D eigenvalue weighted by molar-refractivity contribution is 8.00. The van der Waals surface area contributed by atoms with Gasteiger partial charge in [0.1, 0.15) is 23.7 Å². The minimum Gasteiger partial charge on any atom is -0.477 e. The largest absolute Gasteiger partial charge is 0.477 e. The Morgan fingerprint density at radius 3 is 2.88 bits per heavy atom. The van der Waals surface area contributed by atoms with Crippen LogP contribution in [0.25, 0.3) is 0 Å². The van der Waals surface area contributed by atoms with Gasteiger partial charge in [-0.3, -0.25) is 19.3 Å². The fourth-order valence-electron chi connectivity index (χ4n) is 3.72. The molecule has 32 heavy (non-hydrogen) atoms. The zero-order valence-electron chi connectivity index (χ0n) is 17.0. The third-order valence-corrected chi connectivity index (χ3v) is 6.59. The van der Waals surface area contributed by atoms with Gasteiger partial charge in [0.2, 0.25) is 12.7 Å². The second kappa shape index (κ2) is 8.71. The van der Waals surface area contributed by atoms with Crippen molar-refractivity contribution in [3.8, 4) is 11.5 Å². The molecule has 1 fully saturated rings. The summed E-state index contributed by atoms with van der Waals surface area (Å²) in [5.74, 6) is -1.58. The van der Waals surface area contributed by atoms with E-state index in [1.165, 1.54) is 18.7 Å². The molecule has 0 saturated carbocycles. The van der Waals surface area contributed by atoms with Crippen LogP contribution >= 0.6 is 11.8 Å². The average Bonchev–Trinajstić information content (AvgIpc) is 3.24. The summed E-state index contributed by atoms with van der Waals surface area (Å²) in [5, 5.41) is 11.6. The molecule has 0 radical (unpaired) electrons. The highest BCUT2D eigenvalue weighted by Crippen LogP contribution is 2.40. The Hall–Kier alpha value is -3.25. The number of hydrogen-bond acceptors (Lipinski definition) is 9. The lowest BCUT2D eigenvalue weighted by Gasteiger charge is -2.49. The van der Waals surface area contributed by atoms with Gasteiger partial charge in [0.15, 0.2) is 11.5 Å². The van der Waals surface area contributed by atoms with Crippen LogP contribution in [0.5, 0.6) is 11.5 Å². The smallest absolute Gasteiger partial charge is 0.352 e. The highest BCUT2D eigenvalue weighted by Gasteiger charge is 2.54. The molecule has 4 rings (SSSR count). The zero-order chi connectivity index (χ0) is 23.0. The number of para-hydroxylation sites is 1. The number of nitrogens with two attached hydrogens (primary N) is 1. The first-order valence-corrected chi connectivity index (χ1v) is 10.8. The van der Waals surface area contributed by atoms with Crippen LogP contribution in [0.1, 0.15) is 12.5 Å². The first-order chi connectivity index (χ1) is 15.3. The zero-order valence-corrected chi connectivity index (χ0v) is 17.8. The molecule has 170 valence electrons. The molecule has 0 aromatic heterocycles. The van der Waals surface area contributed by atoms with Gasteiger partial charge in [-0.25, -0.2) is 4.79 Å². The van der Waals surface area contributed by atoms with E-state index in [1.54, 1.807) is 18.2 Å². The molecule has 11 nitrogen and oxygen atoms in total. The number of ether oxygens (including phenoxy) is 3. The van der Waals surface area contributed by atoms with E-state index in [2.05, 4.69) is 5.32 Å². The molecule has 0 aliphatic carbocycles. The van der Waals surface area contributed by atoms with Crippen LogP contribution in [0.4, 0.5) is 0 Å².